The number of hydrogen-bond donors (Lipinski definition) is 2. The quantitative estimate of drug-likeness (QED) is 0.763. The van der Waals surface area contributed by atoms with E-state index in [1.807, 2.05) is 13.8 Å². The molecule has 1 rings (SSSR count). The van der Waals surface area contributed by atoms with Crippen LogP contribution in [0.5, 0.6) is 0 Å². The van der Waals surface area contributed by atoms with Crippen molar-refractivity contribution in [3.8, 4) is 0 Å². The summed E-state index contributed by atoms with van der Waals surface area (Å²) in [7, 11) is 0. The highest BCUT2D eigenvalue weighted by Crippen LogP contribution is 2.00. The molecule has 0 aliphatic carbocycles. The first kappa shape index (κ1) is 17.4. The van der Waals surface area contributed by atoms with Crippen molar-refractivity contribution in [3.63, 3.8) is 0 Å². The van der Waals surface area contributed by atoms with Crippen LogP contribution in [0.3, 0.4) is 0 Å². The maximum atomic E-state index is 11.5. The van der Waals surface area contributed by atoms with Crippen LogP contribution in [0, 0.1) is 0 Å². The lowest BCUT2D eigenvalue weighted by Crippen LogP contribution is -2.52. The number of amides is 1. The van der Waals surface area contributed by atoms with E-state index in [9.17, 15) is 4.79 Å². The number of halogens is 2. The molecule has 1 unspecified atom stereocenters. The first-order valence-corrected chi connectivity index (χ1v) is 4.98. The molecule has 0 aromatic rings. The van der Waals surface area contributed by atoms with Crippen LogP contribution in [-0.4, -0.2) is 49.6 Å². The Morgan fingerprint density at radius 2 is 1.93 bits per heavy atom. The van der Waals surface area contributed by atoms with E-state index in [0.29, 0.717) is 0 Å². The van der Waals surface area contributed by atoms with Gasteiger partial charge in [0.1, 0.15) is 0 Å². The average molecular weight is 258 g/mol. The molecule has 1 saturated heterocycles. The molecule has 6 heteroatoms. The number of rotatable bonds is 3. The van der Waals surface area contributed by atoms with Gasteiger partial charge >= 0.3 is 0 Å². The summed E-state index contributed by atoms with van der Waals surface area (Å²) in [6.07, 6.45) is 0. The van der Waals surface area contributed by atoms with Gasteiger partial charge in [0.25, 0.3) is 0 Å². The molecular weight excluding hydrogens is 237 g/mol. The molecule has 92 valence electrons. The number of nitrogens with one attached hydrogen (secondary N) is 2. The van der Waals surface area contributed by atoms with E-state index in [1.165, 1.54) is 0 Å². The van der Waals surface area contributed by atoms with E-state index in [2.05, 4.69) is 15.5 Å². The molecule has 0 aromatic heterocycles. The second-order valence-corrected chi connectivity index (χ2v) is 3.36. The molecule has 0 saturated carbocycles. The lowest BCUT2D eigenvalue weighted by molar-refractivity contribution is -0.126. The van der Waals surface area contributed by atoms with Gasteiger partial charge in [0.05, 0.1) is 6.04 Å². The lowest BCUT2D eigenvalue weighted by atomic mass is 10.2. The summed E-state index contributed by atoms with van der Waals surface area (Å²) >= 11 is 0. The Morgan fingerprint density at radius 3 is 2.40 bits per heavy atom. The lowest BCUT2D eigenvalue weighted by Gasteiger charge is -2.31. The topological polar surface area (TPSA) is 44.4 Å². The molecule has 0 radical (unpaired) electrons. The van der Waals surface area contributed by atoms with Gasteiger partial charge in [0, 0.05) is 32.7 Å². The highest BCUT2D eigenvalue weighted by atomic mass is 35.5. The molecule has 1 aliphatic rings. The zero-order chi connectivity index (χ0) is 9.68. The Labute approximate surface area is 104 Å². The number of likely N-dealkylation sites (N-methyl/N-ethyl adjacent to an activating group) is 1. The molecule has 0 aromatic carbocycles. The van der Waals surface area contributed by atoms with Crippen molar-refractivity contribution < 1.29 is 4.79 Å². The van der Waals surface area contributed by atoms with Crippen LogP contribution in [-0.2, 0) is 4.79 Å². The summed E-state index contributed by atoms with van der Waals surface area (Å²) in [5.41, 5.74) is 0. The zero-order valence-electron chi connectivity index (χ0n) is 9.28. The third-order valence-corrected chi connectivity index (χ3v) is 2.43. The Balaban J connectivity index is 0. The number of carbonyl (C=O) groups is 1. The van der Waals surface area contributed by atoms with E-state index in [-0.39, 0.29) is 36.8 Å². The van der Waals surface area contributed by atoms with Gasteiger partial charge < -0.3 is 10.6 Å². The second kappa shape index (κ2) is 9.21. The summed E-state index contributed by atoms with van der Waals surface area (Å²) in [5.74, 6) is 0.143. The summed E-state index contributed by atoms with van der Waals surface area (Å²) in [6, 6.07) is 0.0158. The van der Waals surface area contributed by atoms with Crippen molar-refractivity contribution >= 4 is 30.7 Å². The minimum absolute atomic E-state index is 0. The Hall–Kier alpha value is -0.0300. The highest BCUT2D eigenvalue weighted by molar-refractivity contribution is 5.85. The molecule has 1 heterocycles. The number of nitrogens with zero attached hydrogens (tertiary/aromatic N) is 1. The van der Waals surface area contributed by atoms with Crippen LogP contribution in [0.4, 0.5) is 0 Å². The second-order valence-electron chi connectivity index (χ2n) is 3.36. The molecule has 15 heavy (non-hydrogen) atoms. The highest BCUT2D eigenvalue weighted by Gasteiger charge is 2.21. The van der Waals surface area contributed by atoms with Crippen molar-refractivity contribution in [3.05, 3.63) is 0 Å². The van der Waals surface area contributed by atoms with E-state index in [4.69, 9.17) is 0 Å². The van der Waals surface area contributed by atoms with Crippen molar-refractivity contribution in [2.24, 2.45) is 0 Å². The first-order valence-electron chi connectivity index (χ1n) is 4.98. The molecular formula is C9H21Cl2N3O. The normalized spacial score (nSPS) is 18.3. The molecule has 0 bridgehead atoms. The van der Waals surface area contributed by atoms with Gasteiger partial charge in [-0.25, -0.2) is 0 Å². The Kier molecular flexibility index (Phi) is 10.7. The van der Waals surface area contributed by atoms with Crippen LogP contribution in [0.2, 0.25) is 0 Å². The van der Waals surface area contributed by atoms with Gasteiger partial charge in [-0.2, -0.15) is 0 Å². The van der Waals surface area contributed by atoms with Gasteiger partial charge in [-0.1, -0.05) is 0 Å². The van der Waals surface area contributed by atoms with Crippen LogP contribution >= 0.6 is 24.8 Å². The summed E-state index contributed by atoms with van der Waals surface area (Å²) in [5, 5.41) is 6.11. The van der Waals surface area contributed by atoms with Crippen LogP contribution in [0.25, 0.3) is 0 Å². The van der Waals surface area contributed by atoms with Crippen molar-refractivity contribution in [1.82, 2.24) is 15.5 Å². The minimum Gasteiger partial charge on any atom is -0.355 e. The number of hydrogen-bond acceptors (Lipinski definition) is 3. The van der Waals surface area contributed by atoms with Gasteiger partial charge in [-0.15, -0.1) is 24.8 Å². The van der Waals surface area contributed by atoms with Crippen LogP contribution in [0.15, 0.2) is 0 Å². The number of carbonyl (C=O) groups excluding carboxylic acids is 1. The van der Waals surface area contributed by atoms with Crippen molar-refractivity contribution in [2.75, 3.05) is 32.7 Å². The fourth-order valence-electron chi connectivity index (χ4n) is 1.56. The smallest absolute Gasteiger partial charge is 0.237 e. The van der Waals surface area contributed by atoms with Gasteiger partial charge in [0.2, 0.25) is 5.91 Å². The fourth-order valence-corrected chi connectivity index (χ4v) is 1.56. The molecule has 1 amide bonds. The maximum absolute atomic E-state index is 11.5. The van der Waals surface area contributed by atoms with E-state index < -0.39 is 0 Å². The van der Waals surface area contributed by atoms with Crippen LogP contribution < -0.4 is 10.6 Å². The van der Waals surface area contributed by atoms with Crippen LogP contribution in [0.1, 0.15) is 13.8 Å². The maximum Gasteiger partial charge on any atom is 0.237 e. The third-order valence-electron chi connectivity index (χ3n) is 2.43. The first-order chi connectivity index (χ1) is 6.25. The predicted octanol–water partition coefficient (Wildman–Crippen LogP) is 0.260. The van der Waals surface area contributed by atoms with E-state index >= 15 is 0 Å². The summed E-state index contributed by atoms with van der Waals surface area (Å²) in [6.45, 7) is 8.55. The molecule has 1 atom stereocenters. The van der Waals surface area contributed by atoms with Gasteiger partial charge in [-0.05, 0) is 13.8 Å². The van der Waals surface area contributed by atoms with Crippen molar-refractivity contribution in [2.45, 2.75) is 19.9 Å². The van der Waals surface area contributed by atoms with Gasteiger partial charge in [0.15, 0.2) is 0 Å². The predicted molar refractivity (Wildman–Crippen MR) is 67.1 cm³/mol. The molecule has 1 fully saturated rings. The molecule has 1 aliphatic heterocycles. The Bertz CT molecular complexity index is 175. The van der Waals surface area contributed by atoms with E-state index in [1.54, 1.807) is 0 Å². The summed E-state index contributed by atoms with van der Waals surface area (Å²) < 4.78 is 0. The number of piperazine rings is 1. The fraction of sp³-hybridized carbons (Fsp3) is 0.889. The standard InChI is InChI=1S/C9H19N3O.2ClH/c1-3-11-9(13)8(2)12-6-4-10-5-7-12;;/h8,10H,3-7H2,1-2H3,(H,11,13);2*1H. The SMILES string of the molecule is CCNC(=O)C(C)N1CCNCC1.Cl.Cl. The Morgan fingerprint density at radius 1 is 1.40 bits per heavy atom. The monoisotopic (exact) mass is 257 g/mol. The largest absolute Gasteiger partial charge is 0.355 e. The molecule has 0 spiro atoms. The van der Waals surface area contributed by atoms with Gasteiger partial charge in [-0.3, -0.25) is 9.69 Å². The minimum atomic E-state index is 0. The molecule has 2 N–H and O–H groups in total. The van der Waals surface area contributed by atoms with Crippen molar-refractivity contribution in [1.29, 1.82) is 0 Å². The summed E-state index contributed by atoms with van der Waals surface area (Å²) in [4.78, 5) is 13.7. The molecule has 4 nitrogen and oxygen atoms in total. The third kappa shape index (κ3) is 5.56. The average Bonchev–Trinajstić information content (AvgIpc) is 2.18. The zero-order valence-corrected chi connectivity index (χ0v) is 10.9. The van der Waals surface area contributed by atoms with E-state index in [0.717, 1.165) is 32.7 Å².